The Bertz CT molecular complexity index is 909. The third-order valence-corrected chi connectivity index (χ3v) is 13.3. The summed E-state index contributed by atoms with van der Waals surface area (Å²) in [6.45, 7) is 7.03. The zero-order valence-corrected chi connectivity index (χ0v) is 23.6. The molecule has 0 aliphatic rings. The monoisotopic (exact) mass is 570 g/mol. The second-order valence-corrected chi connectivity index (χ2v) is 18.4. The van der Waals surface area contributed by atoms with Crippen LogP contribution < -0.4 is 0 Å². The maximum absolute atomic E-state index is 6.13. The molecule has 0 saturated heterocycles. The van der Waals surface area contributed by atoms with Crippen LogP contribution in [0.3, 0.4) is 0 Å². The van der Waals surface area contributed by atoms with Crippen molar-refractivity contribution in [3.63, 3.8) is 0 Å². The number of benzene rings is 3. The van der Waals surface area contributed by atoms with E-state index in [-0.39, 0.29) is 0 Å². The fourth-order valence-corrected chi connectivity index (χ4v) is 13.1. The van der Waals surface area contributed by atoms with Gasteiger partial charge in [0, 0.05) is 0 Å². The van der Waals surface area contributed by atoms with Crippen molar-refractivity contribution in [1.29, 1.82) is 0 Å². The topological polar surface area (TPSA) is 0 Å². The molecule has 170 valence electrons. The number of hydrogen-bond acceptors (Lipinski definition) is 0. The quantitative estimate of drug-likeness (QED) is 0.178. The summed E-state index contributed by atoms with van der Waals surface area (Å²) in [7, 11) is 0. The fraction of sp³-hybridized carbons (Fsp3) is 0.333. The zero-order chi connectivity index (χ0) is 23.3. The molecule has 0 aliphatic carbocycles. The van der Waals surface area contributed by atoms with Gasteiger partial charge in [0.2, 0.25) is 0 Å². The third-order valence-electron chi connectivity index (χ3n) is 6.14. The maximum atomic E-state index is 6.13. The summed E-state index contributed by atoms with van der Waals surface area (Å²) in [6.07, 6.45) is 3.51. The van der Waals surface area contributed by atoms with Crippen LogP contribution in [0.25, 0.3) is 0 Å². The van der Waals surface area contributed by atoms with E-state index in [1.165, 1.54) is 35.2 Å². The van der Waals surface area contributed by atoms with Gasteiger partial charge in [-0.2, -0.15) is 0 Å². The summed E-state index contributed by atoms with van der Waals surface area (Å²) in [5, 5.41) is 2.37. The van der Waals surface area contributed by atoms with Gasteiger partial charge in [-0.25, -0.2) is 0 Å². The average molecular weight is 571 g/mol. The Labute approximate surface area is 215 Å². The minimum absolute atomic E-state index is 0.469. The van der Waals surface area contributed by atoms with Gasteiger partial charge in [-0.15, -0.1) is 0 Å². The first-order valence-electron chi connectivity index (χ1n) is 11.0. The molecular formula is C27H30Cl3PSe. The van der Waals surface area contributed by atoms with Crippen LogP contribution in [0.1, 0.15) is 55.2 Å². The standard InChI is InChI=1S/C27H30Cl3PSe/c1-19(22-4-10-25(28)11-5-22)16-31(32,17-20(2)23-6-12-26(29)13-7-23)18-21(3)24-8-14-27(30)15-9-24/h4-15,19-21H,16-18H2,1-3H3. The number of hydrogen-bond donors (Lipinski definition) is 0. The van der Waals surface area contributed by atoms with Crippen LogP contribution in [-0.2, 0) is 0 Å². The Hall–Kier alpha value is -0.521. The molecule has 3 aromatic carbocycles. The Morgan fingerprint density at radius 2 is 0.750 bits per heavy atom. The summed E-state index contributed by atoms with van der Waals surface area (Å²) in [5.41, 5.74) is 2.67. The molecule has 0 saturated carbocycles. The predicted octanol–water partition coefficient (Wildman–Crippen LogP) is 9.46. The van der Waals surface area contributed by atoms with Crippen LogP contribution in [0.4, 0.5) is 0 Å². The van der Waals surface area contributed by atoms with Crippen LogP contribution in [0, 0.1) is 0 Å². The first kappa shape index (κ1) is 26.1. The Morgan fingerprint density at radius 3 is 0.969 bits per heavy atom. The molecule has 3 rings (SSSR count). The molecule has 0 bridgehead atoms. The van der Waals surface area contributed by atoms with Crippen molar-refractivity contribution in [2.45, 2.75) is 38.5 Å². The summed E-state index contributed by atoms with van der Waals surface area (Å²) in [5.74, 6) is 1.41. The molecule has 0 aromatic heterocycles. The molecule has 0 amide bonds. The van der Waals surface area contributed by atoms with Crippen LogP contribution in [0.15, 0.2) is 72.8 Å². The van der Waals surface area contributed by atoms with Gasteiger partial charge in [0.05, 0.1) is 0 Å². The summed E-state index contributed by atoms with van der Waals surface area (Å²) in [6, 6.07) is 25.0. The van der Waals surface area contributed by atoms with Crippen molar-refractivity contribution in [3.8, 4) is 0 Å². The van der Waals surface area contributed by atoms with Crippen molar-refractivity contribution in [3.05, 3.63) is 105 Å². The van der Waals surface area contributed by atoms with E-state index in [1.54, 1.807) is 0 Å². The van der Waals surface area contributed by atoms with Gasteiger partial charge in [-0.1, -0.05) is 0 Å². The molecule has 0 heterocycles. The van der Waals surface area contributed by atoms with Crippen molar-refractivity contribution >= 4 is 55.4 Å². The normalized spacial score (nSPS) is 16.2. The van der Waals surface area contributed by atoms with Crippen LogP contribution in [0.2, 0.25) is 15.1 Å². The van der Waals surface area contributed by atoms with Gasteiger partial charge < -0.3 is 0 Å². The molecule has 32 heavy (non-hydrogen) atoms. The van der Waals surface area contributed by atoms with E-state index in [9.17, 15) is 0 Å². The van der Waals surface area contributed by atoms with Crippen molar-refractivity contribution < 1.29 is 0 Å². The number of halogens is 3. The molecule has 0 N–H and O–H groups in total. The Balaban J connectivity index is 1.84. The minimum atomic E-state index is -1.39. The second kappa shape index (κ2) is 11.7. The van der Waals surface area contributed by atoms with Gasteiger partial charge in [0.15, 0.2) is 0 Å². The second-order valence-electron chi connectivity index (χ2n) is 8.96. The van der Waals surface area contributed by atoms with Crippen LogP contribution in [-0.4, -0.2) is 33.6 Å². The van der Waals surface area contributed by atoms with E-state index in [4.69, 9.17) is 34.8 Å². The molecule has 3 aromatic rings. The van der Waals surface area contributed by atoms with E-state index in [0.29, 0.717) is 17.8 Å². The number of rotatable bonds is 9. The van der Waals surface area contributed by atoms with Gasteiger partial charge in [-0.3, -0.25) is 0 Å². The summed E-state index contributed by atoms with van der Waals surface area (Å²) in [4.78, 5) is 0. The van der Waals surface area contributed by atoms with E-state index in [0.717, 1.165) is 15.1 Å². The molecule has 0 aliphatic heterocycles. The molecule has 5 heteroatoms. The van der Waals surface area contributed by atoms with Crippen LogP contribution in [0.5, 0.6) is 0 Å². The zero-order valence-electron chi connectivity index (χ0n) is 18.8. The first-order valence-corrected chi connectivity index (χ1v) is 16.7. The molecule has 3 unspecified atom stereocenters. The Kier molecular flexibility index (Phi) is 9.58. The fourth-order valence-electron chi connectivity index (χ4n) is 4.41. The Morgan fingerprint density at radius 1 is 0.531 bits per heavy atom. The third kappa shape index (κ3) is 7.50. The van der Waals surface area contributed by atoms with Gasteiger partial charge >= 0.3 is 217 Å². The van der Waals surface area contributed by atoms with E-state index in [2.05, 4.69) is 72.3 Å². The van der Waals surface area contributed by atoms with Gasteiger partial charge in [0.25, 0.3) is 0 Å². The average Bonchev–Trinajstić information content (AvgIpc) is 2.74. The molecule has 0 fully saturated rings. The van der Waals surface area contributed by atoms with Gasteiger partial charge in [0.1, 0.15) is 0 Å². The molecule has 0 radical (unpaired) electrons. The predicted molar refractivity (Wildman–Crippen MR) is 147 cm³/mol. The SMILES string of the molecule is CC(CP(=[Se])(CC(C)c1ccc(Cl)cc1)CC(C)c1ccc(Cl)cc1)c1ccc(Cl)cc1. The first-order chi connectivity index (χ1) is 15.1. The summed E-state index contributed by atoms with van der Waals surface area (Å²) >= 11 is 22.1. The van der Waals surface area contributed by atoms with Gasteiger partial charge in [-0.05, 0) is 0 Å². The van der Waals surface area contributed by atoms with Crippen LogP contribution >= 0.6 is 40.3 Å². The molecule has 0 spiro atoms. The molecular weight excluding hydrogens is 541 g/mol. The molecule has 0 nitrogen and oxygen atoms in total. The van der Waals surface area contributed by atoms with E-state index < -0.39 is 5.51 Å². The molecule has 3 atom stereocenters. The van der Waals surface area contributed by atoms with Crippen molar-refractivity contribution in [2.24, 2.45) is 0 Å². The van der Waals surface area contributed by atoms with Crippen molar-refractivity contribution in [1.82, 2.24) is 0 Å². The van der Waals surface area contributed by atoms with E-state index in [1.807, 2.05) is 36.4 Å². The van der Waals surface area contributed by atoms with E-state index >= 15 is 0 Å². The van der Waals surface area contributed by atoms with Crippen molar-refractivity contribution in [2.75, 3.05) is 18.5 Å². The summed E-state index contributed by atoms with van der Waals surface area (Å²) < 4.78 is 0.